The number of benzene rings is 1. The van der Waals surface area contributed by atoms with E-state index in [1.807, 2.05) is 0 Å². The van der Waals surface area contributed by atoms with E-state index in [1.165, 1.54) is 0 Å². The minimum absolute atomic E-state index is 0.154. The lowest BCUT2D eigenvalue weighted by atomic mass is 9.93. The van der Waals surface area contributed by atoms with E-state index in [9.17, 15) is 18.0 Å². The topological polar surface area (TPSA) is 26.3 Å². The van der Waals surface area contributed by atoms with Crippen LogP contribution in [-0.4, -0.2) is 12.1 Å². The number of rotatable bonds is 3. The van der Waals surface area contributed by atoms with Crippen molar-refractivity contribution in [2.45, 2.75) is 26.6 Å². The van der Waals surface area contributed by atoms with Crippen molar-refractivity contribution < 1.29 is 22.7 Å². The summed E-state index contributed by atoms with van der Waals surface area (Å²) in [6.07, 6.45) is -4.61. The first-order valence-corrected chi connectivity index (χ1v) is 5.03. The Morgan fingerprint density at radius 1 is 1.18 bits per heavy atom. The van der Waals surface area contributed by atoms with Gasteiger partial charge in [0.2, 0.25) is 0 Å². The largest absolute Gasteiger partial charge is 0.460 e. The zero-order valence-corrected chi connectivity index (χ0v) is 9.54. The van der Waals surface area contributed by atoms with Crippen molar-refractivity contribution in [3.63, 3.8) is 0 Å². The molecule has 0 saturated carbocycles. The van der Waals surface area contributed by atoms with Crippen LogP contribution in [0.15, 0.2) is 30.3 Å². The lowest BCUT2D eigenvalue weighted by molar-refractivity contribution is -0.225. The first-order chi connectivity index (χ1) is 7.75. The number of esters is 1. The van der Waals surface area contributed by atoms with Crippen molar-refractivity contribution >= 4 is 5.97 Å². The zero-order chi connectivity index (χ0) is 13.1. The van der Waals surface area contributed by atoms with Gasteiger partial charge in [0.1, 0.15) is 6.61 Å². The molecule has 0 aliphatic carbocycles. The second kappa shape index (κ2) is 4.77. The van der Waals surface area contributed by atoms with Gasteiger partial charge in [0.25, 0.3) is 0 Å². The number of ether oxygens (including phenoxy) is 1. The van der Waals surface area contributed by atoms with Gasteiger partial charge in [-0.05, 0) is 19.4 Å². The number of halogens is 3. The Kier molecular flexibility index (Phi) is 3.80. The molecular formula is C12H13F3O2. The highest BCUT2D eigenvalue weighted by Gasteiger charge is 2.54. The Labute approximate surface area is 97.4 Å². The van der Waals surface area contributed by atoms with Gasteiger partial charge in [-0.2, -0.15) is 13.2 Å². The van der Waals surface area contributed by atoms with Gasteiger partial charge in [0.05, 0.1) is 0 Å². The van der Waals surface area contributed by atoms with Gasteiger partial charge in [0.15, 0.2) is 5.41 Å². The summed E-state index contributed by atoms with van der Waals surface area (Å²) in [6, 6.07) is 8.56. The summed E-state index contributed by atoms with van der Waals surface area (Å²) in [7, 11) is 0. The van der Waals surface area contributed by atoms with E-state index in [-0.39, 0.29) is 6.61 Å². The first-order valence-electron chi connectivity index (χ1n) is 5.03. The number of alkyl halides is 3. The van der Waals surface area contributed by atoms with Gasteiger partial charge in [-0.15, -0.1) is 0 Å². The summed E-state index contributed by atoms with van der Waals surface area (Å²) in [6.45, 7) is 1.46. The first kappa shape index (κ1) is 13.5. The van der Waals surface area contributed by atoms with Crippen molar-refractivity contribution in [1.29, 1.82) is 0 Å². The van der Waals surface area contributed by atoms with E-state index >= 15 is 0 Å². The predicted molar refractivity (Wildman–Crippen MR) is 56.1 cm³/mol. The molecule has 0 N–H and O–H groups in total. The van der Waals surface area contributed by atoms with Crippen molar-refractivity contribution in [3.8, 4) is 0 Å². The van der Waals surface area contributed by atoms with Crippen LogP contribution in [0, 0.1) is 5.41 Å². The number of carbonyl (C=O) groups excluding carboxylic acids is 1. The average Bonchev–Trinajstić information content (AvgIpc) is 2.25. The van der Waals surface area contributed by atoms with Crippen molar-refractivity contribution in [2.24, 2.45) is 5.41 Å². The van der Waals surface area contributed by atoms with Gasteiger partial charge in [-0.25, -0.2) is 0 Å². The van der Waals surface area contributed by atoms with Crippen molar-refractivity contribution in [1.82, 2.24) is 0 Å². The van der Waals surface area contributed by atoms with Crippen LogP contribution in [0.5, 0.6) is 0 Å². The lowest BCUT2D eigenvalue weighted by Gasteiger charge is -2.25. The minimum atomic E-state index is -4.61. The molecule has 0 aliphatic heterocycles. The summed E-state index contributed by atoms with van der Waals surface area (Å²) in [4.78, 5) is 11.3. The Balaban J connectivity index is 2.62. The summed E-state index contributed by atoms with van der Waals surface area (Å²) in [5.41, 5.74) is -1.83. The third kappa shape index (κ3) is 3.22. The molecule has 0 heterocycles. The van der Waals surface area contributed by atoms with E-state index in [0.717, 1.165) is 13.8 Å². The second-order valence-corrected chi connectivity index (χ2v) is 4.18. The highest BCUT2D eigenvalue weighted by Crippen LogP contribution is 2.38. The van der Waals surface area contributed by atoms with Crippen LogP contribution in [0.1, 0.15) is 19.4 Å². The summed E-state index contributed by atoms with van der Waals surface area (Å²) in [5.74, 6) is -1.27. The third-order valence-electron chi connectivity index (χ3n) is 2.43. The maximum absolute atomic E-state index is 12.5. The third-order valence-corrected chi connectivity index (χ3v) is 2.43. The van der Waals surface area contributed by atoms with Crippen LogP contribution < -0.4 is 0 Å². The molecule has 2 nitrogen and oxygen atoms in total. The molecular weight excluding hydrogens is 233 g/mol. The van der Waals surface area contributed by atoms with E-state index in [1.54, 1.807) is 30.3 Å². The molecule has 0 unspecified atom stereocenters. The maximum Gasteiger partial charge on any atom is 0.404 e. The fourth-order valence-corrected chi connectivity index (χ4v) is 1.02. The molecule has 0 fully saturated rings. The molecule has 0 saturated heterocycles. The number of hydrogen-bond acceptors (Lipinski definition) is 2. The Morgan fingerprint density at radius 3 is 2.18 bits per heavy atom. The van der Waals surface area contributed by atoms with Crippen LogP contribution in [-0.2, 0) is 16.1 Å². The Morgan fingerprint density at radius 2 is 1.71 bits per heavy atom. The molecule has 0 aromatic heterocycles. The maximum atomic E-state index is 12.5. The van der Waals surface area contributed by atoms with Crippen LogP contribution in [0.2, 0.25) is 0 Å². The SMILES string of the molecule is CC(C)(C(=O)OCc1ccccc1)C(F)(F)F. The van der Waals surface area contributed by atoms with Crippen molar-refractivity contribution in [3.05, 3.63) is 35.9 Å². The number of hydrogen-bond donors (Lipinski definition) is 0. The van der Waals surface area contributed by atoms with Gasteiger partial charge in [0, 0.05) is 0 Å². The highest BCUT2D eigenvalue weighted by atomic mass is 19.4. The molecule has 1 aromatic rings. The van der Waals surface area contributed by atoms with Crippen molar-refractivity contribution in [2.75, 3.05) is 0 Å². The monoisotopic (exact) mass is 246 g/mol. The molecule has 0 atom stereocenters. The van der Waals surface area contributed by atoms with Gasteiger partial charge in [-0.1, -0.05) is 30.3 Å². The fraction of sp³-hybridized carbons (Fsp3) is 0.417. The molecule has 94 valence electrons. The molecule has 0 radical (unpaired) electrons. The molecule has 17 heavy (non-hydrogen) atoms. The van der Waals surface area contributed by atoms with Crippen LogP contribution in [0.4, 0.5) is 13.2 Å². The lowest BCUT2D eigenvalue weighted by Crippen LogP contribution is -2.40. The summed E-state index contributed by atoms with van der Waals surface area (Å²) in [5, 5.41) is 0. The molecule has 0 bridgehead atoms. The Hall–Kier alpha value is -1.52. The normalized spacial score (nSPS) is 12.3. The smallest absolute Gasteiger partial charge is 0.404 e. The summed E-state index contributed by atoms with van der Waals surface area (Å²) < 4.78 is 42.2. The molecule has 0 aliphatic rings. The van der Waals surface area contributed by atoms with Crippen LogP contribution in [0.25, 0.3) is 0 Å². The highest BCUT2D eigenvalue weighted by molar-refractivity contribution is 5.76. The number of carbonyl (C=O) groups is 1. The van der Waals surface area contributed by atoms with E-state index in [2.05, 4.69) is 4.74 Å². The van der Waals surface area contributed by atoms with Gasteiger partial charge >= 0.3 is 12.1 Å². The standard InChI is InChI=1S/C12H13F3O2/c1-11(2,12(13,14)15)10(16)17-8-9-6-4-3-5-7-9/h3-7H,8H2,1-2H3. The summed E-state index contributed by atoms with van der Waals surface area (Å²) >= 11 is 0. The Bertz CT molecular complexity index is 382. The fourth-order valence-electron chi connectivity index (χ4n) is 1.02. The van der Waals surface area contributed by atoms with Crippen LogP contribution >= 0.6 is 0 Å². The van der Waals surface area contributed by atoms with E-state index in [0.29, 0.717) is 5.56 Å². The van der Waals surface area contributed by atoms with Gasteiger partial charge < -0.3 is 4.74 Å². The average molecular weight is 246 g/mol. The van der Waals surface area contributed by atoms with E-state index < -0.39 is 17.6 Å². The molecule has 0 spiro atoms. The molecule has 5 heteroatoms. The van der Waals surface area contributed by atoms with Gasteiger partial charge in [-0.3, -0.25) is 4.79 Å². The predicted octanol–water partition coefficient (Wildman–Crippen LogP) is 3.32. The van der Waals surface area contributed by atoms with Crippen LogP contribution in [0.3, 0.4) is 0 Å². The zero-order valence-electron chi connectivity index (χ0n) is 9.54. The molecule has 1 rings (SSSR count). The quantitative estimate of drug-likeness (QED) is 0.765. The molecule has 0 amide bonds. The molecule has 1 aromatic carbocycles. The minimum Gasteiger partial charge on any atom is -0.460 e. The second-order valence-electron chi connectivity index (χ2n) is 4.18. The van der Waals surface area contributed by atoms with E-state index in [4.69, 9.17) is 0 Å².